The Balaban J connectivity index is 4.39. The molecule has 2 atom stereocenters. The van der Waals surface area contributed by atoms with E-state index in [0.29, 0.717) is 0 Å². The first-order chi connectivity index (χ1) is 10.4. The lowest BCUT2D eigenvalue weighted by atomic mass is 10.1. The minimum absolute atomic E-state index is 0.215. The van der Waals surface area contributed by atoms with Gasteiger partial charge in [-0.3, -0.25) is 24.2 Å². The lowest BCUT2D eigenvalue weighted by Gasteiger charge is -2.14. The highest BCUT2D eigenvalue weighted by molar-refractivity contribution is 7.46. The van der Waals surface area contributed by atoms with Crippen LogP contribution < -0.4 is 11.1 Å². The second-order valence-electron chi connectivity index (χ2n) is 4.43. The summed E-state index contributed by atoms with van der Waals surface area (Å²) >= 11 is 0. The van der Waals surface area contributed by atoms with Gasteiger partial charge in [0, 0.05) is 12.8 Å². The number of hydrogen-bond donors (Lipinski definition) is 6. The smallest absolute Gasteiger partial charge is 0.480 e. The first kappa shape index (κ1) is 21.0. The van der Waals surface area contributed by atoms with Gasteiger partial charge in [0.05, 0.1) is 0 Å². The number of phosphoric acid groups is 1. The predicted octanol–water partition coefficient (Wildman–Crippen LogP) is -1.84. The maximum absolute atomic E-state index is 11.5. The highest BCUT2D eigenvalue weighted by atomic mass is 31.2. The van der Waals surface area contributed by atoms with Crippen molar-refractivity contribution in [3.63, 3.8) is 0 Å². The average Bonchev–Trinajstić information content (AvgIpc) is 2.38. The molecule has 0 radical (unpaired) electrons. The van der Waals surface area contributed by atoms with Gasteiger partial charge in [0.2, 0.25) is 5.91 Å². The van der Waals surface area contributed by atoms with Crippen molar-refractivity contribution in [2.45, 2.75) is 37.8 Å². The number of amides is 1. The number of carbonyl (C=O) groups excluding carboxylic acids is 2. The van der Waals surface area contributed by atoms with E-state index in [-0.39, 0.29) is 12.8 Å². The molecule has 0 fully saturated rings. The summed E-state index contributed by atoms with van der Waals surface area (Å²) in [5, 5.41) is 19.5. The molecule has 13 heteroatoms. The zero-order chi connectivity index (χ0) is 18.2. The van der Waals surface area contributed by atoms with Gasteiger partial charge in [-0.1, -0.05) is 0 Å². The van der Waals surface area contributed by atoms with Gasteiger partial charge in [0.15, 0.2) is 0 Å². The zero-order valence-electron chi connectivity index (χ0n) is 11.7. The molecule has 0 unspecified atom stereocenters. The van der Waals surface area contributed by atoms with E-state index in [9.17, 15) is 23.7 Å². The van der Waals surface area contributed by atoms with E-state index in [4.69, 9.17) is 25.7 Å². The molecule has 0 aromatic carbocycles. The first-order valence-corrected chi connectivity index (χ1v) is 7.74. The van der Waals surface area contributed by atoms with E-state index >= 15 is 0 Å². The quantitative estimate of drug-likeness (QED) is 0.239. The van der Waals surface area contributed by atoms with Crippen molar-refractivity contribution in [2.24, 2.45) is 5.73 Å². The number of carboxylic acid groups (broad SMARTS) is 2. The monoisotopic (exact) mass is 356 g/mol. The van der Waals surface area contributed by atoms with Crippen molar-refractivity contribution in [1.29, 1.82) is 0 Å². The Labute approximate surface area is 129 Å². The molecular formula is C10H17N2O10P. The van der Waals surface area contributed by atoms with Crippen LogP contribution in [0.3, 0.4) is 0 Å². The van der Waals surface area contributed by atoms with Crippen LogP contribution in [0, 0.1) is 0 Å². The Kier molecular flexibility index (Phi) is 8.40. The summed E-state index contributed by atoms with van der Waals surface area (Å²) in [6.07, 6.45) is -1.68. The Bertz CT molecular complexity index is 516. The standard InChI is InChI=1S/C10H17N2O10P/c11-5(9(15)16)1-3-7(13)12-6(10(17)18)2-4-8(14)22-23(19,20)21/h5-6H,1-4,11H2,(H,12,13)(H,15,16)(H,17,18)(H2,19,20,21)/t5-,6-/m0/s1. The summed E-state index contributed by atoms with van der Waals surface area (Å²) in [5.74, 6) is -4.91. The Morgan fingerprint density at radius 2 is 1.61 bits per heavy atom. The number of nitrogens with one attached hydrogen (secondary N) is 1. The second-order valence-corrected chi connectivity index (χ2v) is 5.60. The molecule has 0 bridgehead atoms. The number of rotatable bonds is 10. The van der Waals surface area contributed by atoms with Gasteiger partial charge in [0.1, 0.15) is 12.1 Å². The van der Waals surface area contributed by atoms with Crippen molar-refractivity contribution in [3.05, 3.63) is 0 Å². The summed E-state index contributed by atoms with van der Waals surface area (Å²) in [6, 6.07) is -2.78. The van der Waals surface area contributed by atoms with E-state index in [0.717, 1.165) is 0 Å². The third-order valence-corrected chi connectivity index (χ3v) is 2.93. The van der Waals surface area contributed by atoms with Gasteiger partial charge in [0.25, 0.3) is 0 Å². The Morgan fingerprint density at radius 1 is 1.04 bits per heavy atom. The van der Waals surface area contributed by atoms with Crippen LogP contribution in [0.4, 0.5) is 0 Å². The number of phosphoric ester groups is 1. The van der Waals surface area contributed by atoms with Crippen LogP contribution in [-0.4, -0.2) is 55.9 Å². The number of carboxylic acids is 2. The van der Waals surface area contributed by atoms with E-state index < -0.39 is 56.6 Å². The van der Waals surface area contributed by atoms with Crippen molar-refractivity contribution >= 4 is 31.6 Å². The molecule has 0 spiro atoms. The Hall–Kier alpha value is -2.01. The van der Waals surface area contributed by atoms with Crippen LogP contribution in [0.2, 0.25) is 0 Å². The van der Waals surface area contributed by atoms with Crippen molar-refractivity contribution in [2.75, 3.05) is 0 Å². The fourth-order valence-corrected chi connectivity index (χ4v) is 1.73. The molecule has 23 heavy (non-hydrogen) atoms. The van der Waals surface area contributed by atoms with E-state index in [1.165, 1.54) is 0 Å². The molecule has 0 saturated heterocycles. The van der Waals surface area contributed by atoms with Crippen molar-refractivity contribution in [3.8, 4) is 0 Å². The molecule has 0 aromatic heterocycles. The summed E-state index contributed by atoms with van der Waals surface area (Å²) in [4.78, 5) is 60.8. The maximum atomic E-state index is 11.5. The summed E-state index contributed by atoms with van der Waals surface area (Å²) in [6.45, 7) is 0. The minimum Gasteiger partial charge on any atom is -0.480 e. The molecule has 0 saturated carbocycles. The molecule has 12 nitrogen and oxygen atoms in total. The van der Waals surface area contributed by atoms with Gasteiger partial charge < -0.3 is 25.8 Å². The molecule has 0 heterocycles. The summed E-state index contributed by atoms with van der Waals surface area (Å²) in [5.41, 5.74) is 5.18. The van der Waals surface area contributed by atoms with Crippen molar-refractivity contribution < 1.29 is 48.3 Å². The van der Waals surface area contributed by atoms with Crippen LogP contribution in [0.25, 0.3) is 0 Å². The molecule has 0 aromatic rings. The number of nitrogens with two attached hydrogens (primary N) is 1. The molecule has 0 aliphatic heterocycles. The van der Waals surface area contributed by atoms with Gasteiger partial charge in [-0.15, -0.1) is 0 Å². The third-order valence-electron chi connectivity index (χ3n) is 2.49. The second kappa shape index (κ2) is 9.20. The molecule has 1 amide bonds. The first-order valence-electron chi connectivity index (χ1n) is 6.21. The van der Waals surface area contributed by atoms with Gasteiger partial charge in [-0.25, -0.2) is 9.36 Å². The molecular weight excluding hydrogens is 339 g/mol. The predicted molar refractivity (Wildman–Crippen MR) is 71.8 cm³/mol. The fraction of sp³-hybridized carbons (Fsp3) is 0.600. The van der Waals surface area contributed by atoms with Crippen LogP contribution in [0.15, 0.2) is 0 Å². The lowest BCUT2D eigenvalue weighted by Crippen LogP contribution is -2.42. The lowest BCUT2D eigenvalue weighted by molar-refractivity contribution is -0.143. The number of carbonyl (C=O) groups is 4. The number of aliphatic carboxylic acids is 2. The summed E-state index contributed by atoms with van der Waals surface area (Å²) in [7, 11) is -5.02. The van der Waals surface area contributed by atoms with Crippen molar-refractivity contribution in [1.82, 2.24) is 5.32 Å². The largest absolute Gasteiger partial charge is 0.526 e. The molecule has 0 aliphatic rings. The maximum Gasteiger partial charge on any atom is 0.526 e. The van der Waals surface area contributed by atoms with E-state index in [1.54, 1.807) is 0 Å². The van der Waals surface area contributed by atoms with Crippen LogP contribution in [-0.2, 0) is 28.3 Å². The normalized spacial score (nSPS) is 13.7. The third kappa shape index (κ3) is 10.4. The molecule has 0 rings (SSSR count). The molecule has 132 valence electrons. The summed E-state index contributed by atoms with van der Waals surface area (Å²) < 4.78 is 14.1. The fourth-order valence-electron chi connectivity index (χ4n) is 1.37. The Morgan fingerprint density at radius 3 is 2.04 bits per heavy atom. The highest BCUT2D eigenvalue weighted by Gasteiger charge is 2.25. The van der Waals surface area contributed by atoms with Gasteiger partial charge >= 0.3 is 25.7 Å². The van der Waals surface area contributed by atoms with E-state index in [1.807, 2.05) is 5.32 Å². The van der Waals surface area contributed by atoms with Gasteiger partial charge in [-0.2, -0.15) is 0 Å². The average molecular weight is 356 g/mol. The van der Waals surface area contributed by atoms with E-state index in [2.05, 4.69) is 4.52 Å². The van der Waals surface area contributed by atoms with Gasteiger partial charge in [-0.05, 0) is 12.8 Å². The zero-order valence-corrected chi connectivity index (χ0v) is 12.6. The highest BCUT2D eigenvalue weighted by Crippen LogP contribution is 2.36. The van der Waals surface area contributed by atoms with Crippen LogP contribution >= 0.6 is 7.82 Å². The molecule has 7 N–H and O–H groups in total. The van der Waals surface area contributed by atoms with Crippen LogP contribution in [0.1, 0.15) is 25.7 Å². The SMILES string of the molecule is N[C@@H](CCC(=O)N[C@@H](CCC(=O)OP(=O)(O)O)C(=O)O)C(=O)O. The minimum atomic E-state index is -5.02. The molecule has 0 aliphatic carbocycles. The number of hydrogen-bond acceptors (Lipinski definition) is 7. The topological polar surface area (TPSA) is 214 Å². The van der Waals surface area contributed by atoms with Crippen LogP contribution in [0.5, 0.6) is 0 Å².